The van der Waals surface area contributed by atoms with E-state index in [1.807, 2.05) is 20.0 Å². The zero-order valence-electron chi connectivity index (χ0n) is 9.69. The molecule has 16 heavy (non-hydrogen) atoms. The van der Waals surface area contributed by atoms with Crippen molar-refractivity contribution in [2.75, 3.05) is 6.26 Å². The summed E-state index contributed by atoms with van der Waals surface area (Å²) < 4.78 is 0. The molecule has 2 nitrogen and oxygen atoms in total. The summed E-state index contributed by atoms with van der Waals surface area (Å²) in [4.78, 5) is 9.95. The Bertz CT molecular complexity index is 509. The normalized spacial score (nSPS) is 10.4. The van der Waals surface area contributed by atoms with Gasteiger partial charge < -0.3 is 0 Å². The molecule has 0 unspecified atom stereocenters. The first-order chi connectivity index (χ1) is 7.70. The molecular formula is C13H14N2S. The molecule has 2 rings (SSSR count). The van der Waals surface area contributed by atoms with Gasteiger partial charge in [0.15, 0.2) is 0 Å². The average Bonchev–Trinajstić information content (AvgIpc) is 2.32. The van der Waals surface area contributed by atoms with Crippen LogP contribution in [-0.2, 0) is 0 Å². The van der Waals surface area contributed by atoms with E-state index in [1.165, 1.54) is 4.90 Å². The highest BCUT2D eigenvalue weighted by molar-refractivity contribution is 7.98. The molecule has 0 atom stereocenters. The van der Waals surface area contributed by atoms with Crippen molar-refractivity contribution in [1.29, 1.82) is 0 Å². The molecule has 0 N–H and O–H groups in total. The van der Waals surface area contributed by atoms with E-state index in [9.17, 15) is 0 Å². The summed E-state index contributed by atoms with van der Waals surface area (Å²) in [6.07, 6.45) is 3.96. The quantitative estimate of drug-likeness (QED) is 0.739. The van der Waals surface area contributed by atoms with Crippen LogP contribution >= 0.6 is 11.8 Å². The van der Waals surface area contributed by atoms with Crippen molar-refractivity contribution >= 4 is 11.8 Å². The van der Waals surface area contributed by atoms with Gasteiger partial charge in [0.1, 0.15) is 5.82 Å². The van der Waals surface area contributed by atoms with Gasteiger partial charge in [0.25, 0.3) is 0 Å². The molecule has 0 fully saturated rings. The number of nitrogens with zero attached hydrogens (tertiary/aromatic N) is 2. The van der Waals surface area contributed by atoms with Crippen LogP contribution in [0.1, 0.15) is 11.4 Å². The molecule has 0 amide bonds. The van der Waals surface area contributed by atoms with Gasteiger partial charge in [-0.05, 0) is 37.8 Å². The van der Waals surface area contributed by atoms with Crippen molar-refractivity contribution in [2.45, 2.75) is 18.7 Å². The topological polar surface area (TPSA) is 25.8 Å². The largest absolute Gasteiger partial charge is 0.241 e. The summed E-state index contributed by atoms with van der Waals surface area (Å²) in [5.74, 6) is 0.815. The molecule has 2 aromatic rings. The van der Waals surface area contributed by atoms with Crippen molar-refractivity contribution < 1.29 is 0 Å². The molecule has 0 spiro atoms. The third-order valence-electron chi connectivity index (χ3n) is 2.44. The van der Waals surface area contributed by atoms with Gasteiger partial charge in [-0.15, -0.1) is 11.8 Å². The number of aromatic nitrogens is 2. The highest BCUT2D eigenvalue weighted by Crippen LogP contribution is 2.25. The van der Waals surface area contributed by atoms with Crippen molar-refractivity contribution in [3.63, 3.8) is 0 Å². The molecule has 1 aromatic heterocycles. The summed E-state index contributed by atoms with van der Waals surface area (Å²) in [5.41, 5.74) is 3.31. The van der Waals surface area contributed by atoms with Gasteiger partial charge in [-0.1, -0.05) is 12.1 Å². The Morgan fingerprint density at radius 2 is 2.00 bits per heavy atom. The monoisotopic (exact) mass is 230 g/mol. The fraction of sp³-hybridized carbons (Fsp3) is 0.231. The maximum absolute atomic E-state index is 4.50. The second kappa shape index (κ2) is 4.66. The summed E-state index contributed by atoms with van der Waals surface area (Å²) in [5, 5.41) is 0. The minimum atomic E-state index is 0.815. The minimum absolute atomic E-state index is 0.815. The van der Waals surface area contributed by atoms with E-state index in [0.717, 1.165) is 22.6 Å². The predicted molar refractivity (Wildman–Crippen MR) is 68.7 cm³/mol. The van der Waals surface area contributed by atoms with Crippen LogP contribution in [0.15, 0.2) is 35.4 Å². The first kappa shape index (κ1) is 11.1. The van der Waals surface area contributed by atoms with Crippen LogP contribution in [0.5, 0.6) is 0 Å². The Morgan fingerprint density at radius 3 is 2.75 bits per heavy atom. The van der Waals surface area contributed by atoms with E-state index in [1.54, 1.807) is 11.8 Å². The zero-order chi connectivity index (χ0) is 11.5. The lowest BCUT2D eigenvalue weighted by molar-refractivity contribution is 1.04. The number of hydrogen-bond donors (Lipinski definition) is 0. The third-order valence-corrected chi connectivity index (χ3v) is 3.16. The van der Waals surface area contributed by atoms with Gasteiger partial charge in [-0.25, -0.2) is 9.97 Å². The number of hydrogen-bond acceptors (Lipinski definition) is 3. The van der Waals surface area contributed by atoms with Crippen molar-refractivity contribution in [1.82, 2.24) is 9.97 Å². The van der Waals surface area contributed by atoms with E-state index >= 15 is 0 Å². The number of benzene rings is 1. The van der Waals surface area contributed by atoms with Gasteiger partial charge in [0.2, 0.25) is 0 Å². The molecule has 1 heterocycles. The van der Waals surface area contributed by atoms with E-state index in [-0.39, 0.29) is 0 Å². The van der Waals surface area contributed by atoms with Gasteiger partial charge in [0, 0.05) is 16.7 Å². The average molecular weight is 230 g/mol. The lowest BCUT2D eigenvalue weighted by Crippen LogP contribution is -1.94. The van der Waals surface area contributed by atoms with Crippen LogP contribution in [0.4, 0.5) is 0 Å². The van der Waals surface area contributed by atoms with E-state index < -0.39 is 0 Å². The second-order valence-electron chi connectivity index (χ2n) is 3.68. The number of rotatable bonds is 2. The molecule has 1 aromatic carbocycles. The van der Waals surface area contributed by atoms with Gasteiger partial charge >= 0.3 is 0 Å². The lowest BCUT2D eigenvalue weighted by Gasteiger charge is -2.06. The second-order valence-corrected chi connectivity index (χ2v) is 4.56. The van der Waals surface area contributed by atoms with Crippen LogP contribution < -0.4 is 0 Å². The van der Waals surface area contributed by atoms with E-state index in [2.05, 4.69) is 40.5 Å². The highest BCUT2D eigenvalue weighted by atomic mass is 32.2. The summed E-state index contributed by atoms with van der Waals surface area (Å²) in [7, 11) is 0. The smallest absolute Gasteiger partial charge is 0.125 e. The molecule has 0 aliphatic heterocycles. The molecule has 0 aliphatic carbocycles. The zero-order valence-corrected chi connectivity index (χ0v) is 10.5. The number of thioether (sulfide) groups is 1. The maximum atomic E-state index is 4.50. The summed E-state index contributed by atoms with van der Waals surface area (Å²) in [6, 6.07) is 8.43. The maximum Gasteiger partial charge on any atom is 0.125 e. The molecular weight excluding hydrogens is 216 g/mol. The van der Waals surface area contributed by atoms with Gasteiger partial charge in [-0.3, -0.25) is 0 Å². The molecule has 0 saturated carbocycles. The number of aryl methyl sites for hydroxylation is 2. The van der Waals surface area contributed by atoms with Gasteiger partial charge in [0.05, 0.1) is 5.69 Å². The van der Waals surface area contributed by atoms with E-state index in [4.69, 9.17) is 0 Å². The SMILES string of the molecule is CSc1cccc(-c2nc(C)ncc2C)c1. The molecule has 0 radical (unpaired) electrons. The Labute approximate surface area is 100 Å². The van der Waals surface area contributed by atoms with Crippen LogP contribution in [0.3, 0.4) is 0 Å². The molecule has 0 saturated heterocycles. The Morgan fingerprint density at radius 1 is 1.19 bits per heavy atom. The lowest BCUT2D eigenvalue weighted by atomic mass is 10.1. The third kappa shape index (κ3) is 2.25. The van der Waals surface area contributed by atoms with Crippen molar-refractivity contribution in [2.24, 2.45) is 0 Å². The summed E-state index contributed by atoms with van der Waals surface area (Å²) >= 11 is 1.74. The molecule has 82 valence electrons. The Kier molecular flexibility index (Phi) is 3.25. The Balaban J connectivity index is 2.53. The fourth-order valence-corrected chi connectivity index (χ4v) is 2.05. The van der Waals surface area contributed by atoms with Crippen LogP contribution in [-0.4, -0.2) is 16.2 Å². The minimum Gasteiger partial charge on any atom is -0.241 e. The Hall–Kier alpha value is -1.35. The van der Waals surface area contributed by atoms with Crippen LogP contribution in [0, 0.1) is 13.8 Å². The van der Waals surface area contributed by atoms with Crippen LogP contribution in [0.2, 0.25) is 0 Å². The van der Waals surface area contributed by atoms with Crippen molar-refractivity contribution in [3.05, 3.63) is 41.9 Å². The van der Waals surface area contributed by atoms with Gasteiger partial charge in [-0.2, -0.15) is 0 Å². The standard InChI is InChI=1S/C13H14N2S/c1-9-8-14-10(2)15-13(9)11-5-4-6-12(7-11)16-3/h4-8H,1-3H3. The summed E-state index contributed by atoms with van der Waals surface area (Å²) in [6.45, 7) is 3.96. The molecule has 3 heteroatoms. The fourth-order valence-electron chi connectivity index (χ4n) is 1.59. The van der Waals surface area contributed by atoms with Crippen LogP contribution in [0.25, 0.3) is 11.3 Å². The molecule has 0 bridgehead atoms. The first-order valence-corrected chi connectivity index (χ1v) is 6.38. The first-order valence-electron chi connectivity index (χ1n) is 5.15. The highest BCUT2D eigenvalue weighted by Gasteiger charge is 2.05. The van der Waals surface area contributed by atoms with E-state index in [0.29, 0.717) is 0 Å². The van der Waals surface area contributed by atoms with Crippen molar-refractivity contribution in [3.8, 4) is 11.3 Å². The molecule has 0 aliphatic rings. The predicted octanol–water partition coefficient (Wildman–Crippen LogP) is 3.48.